The van der Waals surface area contributed by atoms with Crippen LogP contribution in [-0.4, -0.2) is 24.6 Å². The highest BCUT2D eigenvalue weighted by molar-refractivity contribution is 5.72. The van der Waals surface area contributed by atoms with Crippen LogP contribution in [0.2, 0.25) is 0 Å². The van der Waals surface area contributed by atoms with Crippen LogP contribution in [0.15, 0.2) is 0 Å². The van der Waals surface area contributed by atoms with Crippen molar-refractivity contribution in [3.05, 3.63) is 0 Å². The van der Waals surface area contributed by atoms with E-state index in [1.54, 1.807) is 0 Å². The molecule has 0 aromatic carbocycles. The molecule has 154 valence electrons. The van der Waals surface area contributed by atoms with Crippen molar-refractivity contribution in [1.29, 1.82) is 0 Å². The number of hydrogen-bond donors (Lipinski definition) is 0. The Hall–Kier alpha value is -1.06. The van der Waals surface area contributed by atoms with Crippen LogP contribution in [-0.2, 0) is 19.1 Å². The minimum Gasteiger partial charge on any atom is -0.466 e. The lowest BCUT2D eigenvalue weighted by Crippen LogP contribution is -2.17. The van der Waals surface area contributed by atoms with Crippen LogP contribution in [0.5, 0.6) is 0 Å². The fourth-order valence-corrected chi connectivity index (χ4v) is 3.04. The van der Waals surface area contributed by atoms with Gasteiger partial charge in [0.05, 0.1) is 12.7 Å². The van der Waals surface area contributed by atoms with Crippen molar-refractivity contribution in [3.8, 4) is 0 Å². The molecule has 0 amide bonds. The van der Waals surface area contributed by atoms with E-state index in [0.29, 0.717) is 25.4 Å². The van der Waals surface area contributed by atoms with Crippen molar-refractivity contribution in [2.75, 3.05) is 6.61 Å². The molecule has 0 fully saturated rings. The molecule has 4 nitrogen and oxygen atoms in total. The second kappa shape index (κ2) is 17.4. The first-order chi connectivity index (χ1) is 12.5. The minimum atomic E-state index is -0.218. The van der Waals surface area contributed by atoms with Crippen molar-refractivity contribution < 1.29 is 19.1 Å². The molecule has 0 radical (unpaired) electrons. The van der Waals surface area contributed by atoms with Gasteiger partial charge in [-0.25, -0.2) is 0 Å². The van der Waals surface area contributed by atoms with E-state index >= 15 is 0 Å². The van der Waals surface area contributed by atoms with Crippen LogP contribution in [0.25, 0.3) is 0 Å². The number of hydrogen-bond acceptors (Lipinski definition) is 4. The number of carbonyl (C=O) groups excluding carboxylic acids is 2. The fraction of sp³-hybridized carbons (Fsp3) is 0.909. The first kappa shape index (κ1) is 24.9. The molecule has 0 bridgehead atoms. The molecular weight excluding hydrogens is 328 g/mol. The van der Waals surface area contributed by atoms with Gasteiger partial charge in [0.15, 0.2) is 0 Å². The molecule has 0 spiro atoms. The zero-order valence-electron chi connectivity index (χ0n) is 17.7. The van der Waals surface area contributed by atoms with Gasteiger partial charge in [-0.05, 0) is 32.1 Å². The van der Waals surface area contributed by atoms with E-state index in [1.807, 2.05) is 6.92 Å². The van der Waals surface area contributed by atoms with Gasteiger partial charge in [-0.1, -0.05) is 72.1 Å². The SMILES string of the molecule is CCCCCCCCCCCOC(=O)CCCC(=O)OC(C)CC(C)C. The Morgan fingerprint density at radius 1 is 0.731 bits per heavy atom. The van der Waals surface area contributed by atoms with Gasteiger partial charge in [-0.15, -0.1) is 0 Å². The number of esters is 2. The molecule has 1 unspecified atom stereocenters. The maximum Gasteiger partial charge on any atom is 0.306 e. The zero-order chi connectivity index (χ0) is 19.6. The lowest BCUT2D eigenvalue weighted by atomic mass is 10.1. The molecule has 0 saturated heterocycles. The monoisotopic (exact) mass is 370 g/mol. The summed E-state index contributed by atoms with van der Waals surface area (Å²) in [6.07, 6.45) is 13.2. The molecule has 0 aliphatic rings. The Morgan fingerprint density at radius 2 is 1.27 bits per heavy atom. The van der Waals surface area contributed by atoms with Crippen LogP contribution in [0.4, 0.5) is 0 Å². The van der Waals surface area contributed by atoms with Crippen LogP contribution < -0.4 is 0 Å². The lowest BCUT2D eigenvalue weighted by Gasteiger charge is -2.15. The van der Waals surface area contributed by atoms with Crippen molar-refractivity contribution in [1.82, 2.24) is 0 Å². The summed E-state index contributed by atoms with van der Waals surface area (Å²) >= 11 is 0. The van der Waals surface area contributed by atoms with Gasteiger partial charge < -0.3 is 9.47 Å². The number of rotatable bonds is 17. The third kappa shape index (κ3) is 17.8. The topological polar surface area (TPSA) is 52.6 Å². The van der Waals surface area contributed by atoms with E-state index in [-0.39, 0.29) is 24.5 Å². The molecule has 26 heavy (non-hydrogen) atoms. The molecule has 0 heterocycles. The third-order valence-electron chi connectivity index (χ3n) is 4.41. The van der Waals surface area contributed by atoms with Crippen molar-refractivity contribution in [2.45, 2.75) is 117 Å². The van der Waals surface area contributed by atoms with Gasteiger partial charge in [-0.3, -0.25) is 9.59 Å². The van der Waals surface area contributed by atoms with Gasteiger partial charge in [0.25, 0.3) is 0 Å². The molecule has 0 N–H and O–H groups in total. The van der Waals surface area contributed by atoms with Gasteiger partial charge in [-0.2, -0.15) is 0 Å². The van der Waals surface area contributed by atoms with Gasteiger partial charge in [0.1, 0.15) is 0 Å². The molecule has 0 aliphatic carbocycles. The average molecular weight is 371 g/mol. The van der Waals surface area contributed by atoms with Gasteiger partial charge >= 0.3 is 11.9 Å². The first-order valence-corrected chi connectivity index (χ1v) is 10.8. The smallest absolute Gasteiger partial charge is 0.306 e. The molecular formula is C22H42O4. The Labute approximate surface area is 161 Å². The highest BCUT2D eigenvalue weighted by Gasteiger charge is 2.12. The van der Waals surface area contributed by atoms with E-state index in [0.717, 1.165) is 19.3 Å². The Kier molecular flexibility index (Phi) is 16.7. The summed E-state index contributed by atoms with van der Waals surface area (Å²) in [6.45, 7) is 8.87. The van der Waals surface area contributed by atoms with E-state index in [4.69, 9.17) is 9.47 Å². The predicted molar refractivity (Wildman–Crippen MR) is 107 cm³/mol. The molecule has 0 rings (SSSR count). The van der Waals surface area contributed by atoms with E-state index < -0.39 is 0 Å². The highest BCUT2D eigenvalue weighted by Crippen LogP contribution is 2.11. The Morgan fingerprint density at radius 3 is 1.85 bits per heavy atom. The van der Waals surface area contributed by atoms with Gasteiger partial charge in [0, 0.05) is 12.8 Å². The summed E-state index contributed by atoms with van der Waals surface area (Å²) in [5.74, 6) is 0.0892. The Balaban J connectivity index is 3.43. The zero-order valence-corrected chi connectivity index (χ0v) is 17.7. The summed E-state index contributed by atoms with van der Waals surface area (Å²) in [4.78, 5) is 23.3. The normalized spacial score (nSPS) is 12.2. The number of unbranched alkanes of at least 4 members (excludes halogenated alkanes) is 8. The van der Waals surface area contributed by atoms with Crippen molar-refractivity contribution in [3.63, 3.8) is 0 Å². The third-order valence-corrected chi connectivity index (χ3v) is 4.41. The molecule has 0 aromatic rings. The molecule has 0 aliphatic heterocycles. The predicted octanol–water partition coefficient (Wildman–Crippen LogP) is 6.21. The standard InChI is InChI=1S/C22H42O4/c1-5-6-7-8-9-10-11-12-13-17-25-21(23)15-14-16-22(24)26-20(4)18-19(2)3/h19-20H,5-18H2,1-4H3. The molecule has 1 atom stereocenters. The van der Waals surface area contributed by atoms with Crippen molar-refractivity contribution in [2.24, 2.45) is 5.92 Å². The highest BCUT2D eigenvalue weighted by atomic mass is 16.5. The van der Waals surface area contributed by atoms with E-state index in [1.165, 1.54) is 44.9 Å². The summed E-state index contributed by atoms with van der Waals surface area (Å²) in [5.41, 5.74) is 0. The van der Waals surface area contributed by atoms with Crippen LogP contribution >= 0.6 is 0 Å². The Bertz CT molecular complexity index is 352. The quantitative estimate of drug-likeness (QED) is 0.226. The van der Waals surface area contributed by atoms with Crippen LogP contribution in [0.3, 0.4) is 0 Å². The van der Waals surface area contributed by atoms with Gasteiger partial charge in [0.2, 0.25) is 0 Å². The fourth-order valence-electron chi connectivity index (χ4n) is 3.04. The first-order valence-electron chi connectivity index (χ1n) is 10.8. The molecule has 0 saturated carbocycles. The van der Waals surface area contributed by atoms with E-state index in [9.17, 15) is 9.59 Å². The average Bonchev–Trinajstić information content (AvgIpc) is 2.55. The maximum absolute atomic E-state index is 11.7. The number of carbonyl (C=O) groups is 2. The minimum absolute atomic E-state index is 0.0545. The largest absolute Gasteiger partial charge is 0.466 e. The maximum atomic E-state index is 11.7. The summed E-state index contributed by atoms with van der Waals surface area (Å²) in [6, 6.07) is 0. The second-order valence-electron chi connectivity index (χ2n) is 7.83. The summed E-state index contributed by atoms with van der Waals surface area (Å²) in [5, 5.41) is 0. The van der Waals surface area contributed by atoms with E-state index in [2.05, 4.69) is 20.8 Å². The second-order valence-corrected chi connectivity index (χ2v) is 7.83. The number of ether oxygens (including phenoxy) is 2. The van der Waals surface area contributed by atoms with Crippen molar-refractivity contribution >= 4 is 11.9 Å². The van der Waals surface area contributed by atoms with Crippen LogP contribution in [0.1, 0.15) is 111 Å². The molecule has 0 aromatic heterocycles. The summed E-state index contributed by atoms with van der Waals surface area (Å²) in [7, 11) is 0. The molecule has 4 heteroatoms. The summed E-state index contributed by atoms with van der Waals surface area (Å²) < 4.78 is 10.5. The van der Waals surface area contributed by atoms with Crippen LogP contribution in [0, 0.1) is 5.92 Å². The lowest BCUT2D eigenvalue weighted by molar-refractivity contribution is -0.149.